The van der Waals surface area contributed by atoms with Crippen molar-refractivity contribution in [1.82, 2.24) is 0 Å². The van der Waals surface area contributed by atoms with Crippen molar-refractivity contribution < 1.29 is 19.4 Å². The van der Waals surface area contributed by atoms with Crippen LogP contribution in [0, 0.1) is 6.92 Å². The molecule has 5 heteroatoms. The van der Waals surface area contributed by atoms with Crippen molar-refractivity contribution >= 4 is 17.6 Å². The summed E-state index contributed by atoms with van der Waals surface area (Å²) in [7, 11) is 1.58. The first kappa shape index (κ1) is 17.5. The van der Waals surface area contributed by atoms with Crippen LogP contribution in [0.15, 0.2) is 42.5 Å². The van der Waals surface area contributed by atoms with E-state index in [0.29, 0.717) is 22.6 Å². The Hall–Kier alpha value is -2.82. The van der Waals surface area contributed by atoms with Crippen LogP contribution in [-0.2, 0) is 10.2 Å². The summed E-state index contributed by atoms with van der Waals surface area (Å²) in [4.78, 5) is 23.7. The first-order valence-corrected chi connectivity index (χ1v) is 7.55. The average molecular weight is 327 g/mol. The summed E-state index contributed by atoms with van der Waals surface area (Å²) in [5.41, 5.74) is 1.68. The van der Waals surface area contributed by atoms with Gasteiger partial charge in [0.2, 0.25) is 0 Å². The van der Waals surface area contributed by atoms with E-state index in [1.165, 1.54) is 0 Å². The second-order valence-electron chi connectivity index (χ2n) is 6.14. The van der Waals surface area contributed by atoms with Crippen molar-refractivity contribution in [1.29, 1.82) is 0 Å². The van der Waals surface area contributed by atoms with Gasteiger partial charge in [-0.05, 0) is 62.2 Å². The lowest BCUT2D eigenvalue weighted by Gasteiger charge is -2.20. The first-order chi connectivity index (χ1) is 11.3. The predicted octanol–water partition coefficient (Wildman–Crippen LogP) is 3.62. The number of carboxylic acid groups (broad SMARTS) is 1. The molecule has 2 N–H and O–H groups in total. The van der Waals surface area contributed by atoms with Gasteiger partial charge in [-0.3, -0.25) is 9.59 Å². The molecule has 2 aromatic rings. The fourth-order valence-corrected chi connectivity index (χ4v) is 2.31. The molecule has 0 aromatic heterocycles. The second kappa shape index (κ2) is 6.74. The van der Waals surface area contributed by atoms with E-state index in [-0.39, 0.29) is 5.91 Å². The highest BCUT2D eigenvalue weighted by molar-refractivity contribution is 6.05. The molecule has 24 heavy (non-hydrogen) atoms. The number of nitrogens with one attached hydrogen (secondary N) is 1. The fourth-order valence-electron chi connectivity index (χ4n) is 2.31. The van der Waals surface area contributed by atoms with Gasteiger partial charge in [-0.15, -0.1) is 0 Å². The molecule has 0 radical (unpaired) electrons. The number of benzene rings is 2. The number of hydrogen-bond donors (Lipinski definition) is 2. The summed E-state index contributed by atoms with van der Waals surface area (Å²) < 4.78 is 5.13. The molecule has 2 aromatic carbocycles. The molecule has 0 bridgehead atoms. The lowest BCUT2D eigenvalue weighted by atomic mass is 9.85. The Bertz CT molecular complexity index is 763. The molecule has 0 atom stereocenters. The van der Waals surface area contributed by atoms with Crippen molar-refractivity contribution in [2.24, 2.45) is 0 Å². The molecule has 0 heterocycles. The van der Waals surface area contributed by atoms with Gasteiger partial charge in [0, 0.05) is 11.3 Å². The Labute approximate surface area is 141 Å². The number of ether oxygens (including phenoxy) is 1. The monoisotopic (exact) mass is 327 g/mol. The number of amides is 1. The Morgan fingerprint density at radius 1 is 1.08 bits per heavy atom. The quantitative estimate of drug-likeness (QED) is 0.879. The number of aryl methyl sites for hydroxylation is 1. The van der Waals surface area contributed by atoms with Crippen molar-refractivity contribution in [2.45, 2.75) is 26.2 Å². The van der Waals surface area contributed by atoms with Crippen molar-refractivity contribution in [3.8, 4) is 5.75 Å². The molecule has 126 valence electrons. The summed E-state index contributed by atoms with van der Waals surface area (Å²) in [6.07, 6.45) is 0. The lowest BCUT2D eigenvalue weighted by molar-refractivity contribution is -0.142. The third-order valence-electron chi connectivity index (χ3n) is 4.08. The molecule has 0 fully saturated rings. The zero-order chi connectivity index (χ0) is 17.9. The third kappa shape index (κ3) is 3.56. The van der Waals surface area contributed by atoms with Gasteiger partial charge in [0.15, 0.2) is 0 Å². The van der Waals surface area contributed by atoms with Crippen LogP contribution in [0.1, 0.15) is 35.3 Å². The van der Waals surface area contributed by atoms with Crippen LogP contribution in [0.3, 0.4) is 0 Å². The van der Waals surface area contributed by atoms with Crippen LogP contribution in [-0.4, -0.2) is 24.1 Å². The third-order valence-corrected chi connectivity index (χ3v) is 4.08. The van der Waals surface area contributed by atoms with E-state index in [2.05, 4.69) is 5.32 Å². The largest absolute Gasteiger partial charge is 0.497 e. The van der Waals surface area contributed by atoms with Gasteiger partial charge in [-0.25, -0.2) is 0 Å². The molecule has 5 nitrogen and oxygen atoms in total. The Morgan fingerprint density at radius 3 is 2.21 bits per heavy atom. The van der Waals surface area contributed by atoms with Gasteiger partial charge < -0.3 is 15.2 Å². The summed E-state index contributed by atoms with van der Waals surface area (Å²) in [6.45, 7) is 5.13. The van der Waals surface area contributed by atoms with E-state index in [1.54, 1.807) is 63.4 Å². The summed E-state index contributed by atoms with van der Waals surface area (Å²) >= 11 is 0. The number of rotatable bonds is 5. The fraction of sp³-hybridized carbons (Fsp3) is 0.263. The normalized spacial score (nSPS) is 11.0. The van der Waals surface area contributed by atoms with Gasteiger partial charge in [-0.1, -0.05) is 12.1 Å². The summed E-state index contributed by atoms with van der Waals surface area (Å²) in [5, 5.41) is 12.1. The zero-order valence-electron chi connectivity index (χ0n) is 14.2. The predicted molar refractivity (Wildman–Crippen MR) is 92.8 cm³/mol. The maximum absolute atomic E-state index is 12.4. The molecule has 0 aliphatic heterocycles. The Kier molecular flexibility index (Phi) is 4.93. The lowest BCUT2D eigenvalue weighted by Crippen LogP contribution is -2.28. The van der Waals surface area contributed by atoms with Crippen LogP contribution < -0.4 is 10.1 Å². The molecule has 2 rings (SSSR count). The number of aliphatic carboxylic acids is 1. The molecular formula is C19H21NO4. The van der Waals surface area contributed by atoms with Crippen LogP contribution in [0.4, 0.5) is 5.69 Å². The SMILES string of the molecule is COc1ccc(C(=O)Nc2ccc(C(C)(C)C(=O)O)cc2)c(C)c1. The molecular weight excluding hydrogens is 306 g/mol. The maximum Gasteiger partial charge on any atom is 0.313 e. The van der Waals surface area contributed by atoms with E-state index >= 15 is 0 Å². The van der Waals surface area contributed by atoms with Crippen LogP contribution in [0.2, 0.25) is 0 Å². The molecule has 0 saturated carbocycles. The highest BCUT2D eigenvalue weighted by atomic mass is 16.5. The molecule has 0 aliphatic rings. The number of methoxy groups -OCH3 is 1. The van der Waals surface area contributed by atoms with Crippen LogP contribution in [0.5, 0.6) is 5.75 Å². The van der Waals surface area contributed by atoms with Crippen molar-refractivity contribution in [3.05, 3.63) is 59.2 Å². The van der Waals surface area contributed by atoms with E-state index in [0.717, 1.165) is 5.56 Å². The summed E-state index contributed by atoms with van der Waals surface area (Å²) in [6, 6.07) is 12.1. The molecule has 0 unspecified atom stereocenters. The van der Waals surface area contributed by atoms with E-state index in [1.807, 2.05) is 6.92 Å². The van der Waals surface area contributed by atoms with Crippen LogP contribution >= 0.6 is 0 Å². The number of anilines is 1. The highest BCUT2D eigenvalue weighted by Gasteiger charge is 2.29. The van der Waals surface area contributed by atoms with Gasteiger partial charge >= 0.3 is 5.97 Å². The molecule has 0 spiro atoms. The highest BCUT2D eigenvalue weighted by Crippen LogP contribution is 2.25. The Morgan fingerprint density at radius 2 is 1.71 bits per heavy atom. The van der Waals surface area contributed by atoms with E-state index < -0.39 is 11.4 Å². The molecule has 1 amide bonds. The maximum atomic E-state index is 12.4. The number of carboxylic acids is 1. The van der Waals surface area contributed by atoms with Crippen LogP contribution in [0.25, 0.3) is 0 Å². The van der Waals surface area contributed by atoms with Crippen molar-refractivity contribution in [2.75, 3.05) is 12.4 Å². The number of carbonyl (C=O) groups is 2. The first-order valence-electron chi connectivity index (χ1n) is 7.55. The minimum Gasteiger partial charge on any atom is -0.497 e. The topological polar surface area (TPSA) is 75.6 Å². The number of hydrogen-bond acceptors (Lipinski definition) is 3. The molecule has 0 aliphatic carbocycles. The second-order valence-corrected chi connectivity index (χ2v) is 6.14. The smallest absolute Gasteiger partial charge is 0.313 e. The number of carbonyl (C=O) groups excluding carboxylic acids is 1. The van der Waals surface area contributed by atoms with E-state index in [9.17, 15) is 14.7 Å². The Balaban J connectivity index is 2.17. The van der Waals surface area contributed by atoms with Gasteiger partial charge in [-0.2, -0.15) is 0 Å². The standard InChI is InChI=1S/C19H21NO4/c1-12-11-15(24-4)9-10-16(12)17(21)20-14-7-5-13(6-8-14)19(2,3)18(22)23/h5-11H,1-4H3,(H,20,21)(H,22,23). The zero-order valence-corrected chi connectivity index (χ0v) is 14.2. The molecule has 0 saturated heterocycles. The summed E-state index contributed by atoms with van der Waals surface area (Å²) in [5.74, 6) is -0.419. The minimum absolute atomic E-state index is 0.222. The average Bonchev–Trinajstić information content (AvgIpc) is 2.54. The van der Waals surface area contributed by atoms with E-state index in [4.69, 9.17) is 4.74 Å². The minimum atomic E-state index is -0.977. The van der Waals surface area contributed by atoms with Crippen molar-refractivity contribution in [3.63, 3.8) is 0 Å². The van der Waals surface area contributed by atoms with Gasteiger partial charge in [0.1, 0.15) is 5.75 Å². The van der Waals surface area contributed by atoms with Gasteiger partial charge in [0.05, 0.1) is 12.5 Å². The van der Waals surface area contributed by atoms with Gasteiger partial charge in [0.25, 0.3) is 5.91 Å².